The Morgan fingerprint density at radius 2 is 1.42 bits per heavy atom. The molecule has 3 rings (SSSR count). The molecule has 0 spiro atoms. The third-order valence-electron chi connectivity index (χ3n) is 5.40. The van der Waals surface area contributed by atoms with Gasteiger partial charge in [-0.15, -0.1) is 0 Å². The van der Waals surface area contributed by atoms with Crippen molar-refractivity contribution < 1.29 is 13.2 Å². The monoisotopic (exact) mass is 436 g/mol. The molecule has 3 aromatic carbocycles. The molecule has 0 saturated carbocycles. The van der Waals surface area contributed by atoms with E-state index in [0.29, 0.717) is 16.8 Å². The molecule has 1 amide bonds. The van der Waals surface area contributed by atoms with Crippen LogP contribution >= 0.6 is 0 Å². The number of nitrogens with zero attached hydrogens (tertiary/aromatic N) is 1. The number of hydrogen-bond donors (Lipinski definition) is 1. The molecular formula is C25H28N2O3S. The molecule has 0 saturated heterocycles. The number of carbonyl (C=O) groups is 1. The summed E-state index contributed by atoms with van der Waals surface area (Å²) < 4.78 is 27.2. The van der Waals surface area contributed by atoms with Crippen molar-refractivity contribution >= 4 is 21.6 Å². The second kappa shape index (κ2) is 8.94. The Hall–Kier alpha value is -3.12. The Morgan fingerprint density at radius 3 is 1.97 bits per heavy atom. The van der Waals surface area contributed by atoms with Crippen LogP contribution < -0.4 is 9.62 Å². The molecule has 0 aliphatic rings. The zero-order valence-corrected chi connectivity index (χ0v) is 19.3. The van der Waals surface area contributed by atoms with Gasteiger partial charge in [0.2, 0.25) is 0 Å². The van der Waals surface area contributed by atoms with E-state index in [0.717, 1.165) is 16.7 Å². The molecular weight excluding hydrogens is 408 g/mol. The van der Waals surface area contributed by atoms with Gasteiger partial charge >= 0.3 is 0 Å². The van der Waals surface area contributed by atoms with Crippen LogP contribution in [0, 0.1) is 20.8 Å². The Labute approximate surface area is 184 Å². The number of anilines is 1. The van der Waals surface area contributed by atoms with E-state index in [9.17, 15) is 13.2 Å². The second-order valence-electron chi connectivity index (χ2n) is 7.89. The van der Waals surface area contributed by atoms with E-state index in [2.05, 4.69) is 5.32 Å². The largest absolute Gasteiger partial charge is 0.346 e. The second-order valence-corrected chi connectivity index (χ2v) is 9.86. The van der Waals surface area contributed by atoms with Crippen LogP contribution in [0.25, 0.3) is 0 Å². The van der Waals surface area contributed by atoms with E-state index < -0.39 is 10.0 Å². The molecule has 0 aliphatic heterocycles. The number of benzene rings is 3. The van der Waals surface area contributed by atoms with Crippen molar-refractivity contribution in [1.29, 1.82) is 0 Å². The number of carbonyl (C=O) groups excluding carboxylic acids is 1. The molecule has 0 fully saturated rings. The van der Waals surface area contributed by atoms with Gasteiger partial charge in [-0.25, -0.2) is 8.42 Å². The van der Waals surface area contributed by atoms with E-state index in [1.807, 2.05) is 45.0 Å². The first-order valence-electron chi connectivity index (χ1n) is 10.1. The highest BCUT2D eigenvalue weighted by Gasteiger charge is 2.23. The first-order chi connectivity index (χ1) is 14.6. The van der Waals surface area contributed by atoms with Gasteiger partial charge in [0.15, 0.2) is 0 Å². The molecule has 3 aromatic rings. The van der Waals surface area contributed by atoms with E-state index in [1.54, 1.807) is 49.4 Å². The number of amides is 1. The van der Waals surface area contributed by atoms with Crippen molar-refractivity contribution in [3.63, 3.8) is 0 Å². The lowest BCUT2D eigenvalue weighted by Crippen LogP contribution is -2.28. The van der Waals surface area contributed by atoms with E-state index in [1.165, 1.54) is 11.4 Å². The standard InChI is InChI=1S/C25H28N2O3S/c1-17-6-10-21(11-7-17)20(4)26-25(28)22-12-15-24(19(3)16-22)27(5)31(29,30)23-13-8-18(2)9-14-23/h6-16,20H,1-5H3,(H,26,28). The van der Waals surface area contributed by atoms with Gasteiger partial charge in [-0.05, 0) is 69.2 Å². The third kappa shape index (κ3) is 4.97. The molecule has 1 N–H and O–H groups in total. The average molecular weight is 437 g/mol. The van der Waals surface area contributed by atoms with E-state index in [4.69, 9.17) is 0 Å². The Morgan fingerprint density at radius 1 is 0.871 bits per heavy atom. The fourth-order valence-electron chi connectivity index (χ4n) is 3.37. The predicted molar refractivity (Wildman–Crippen MR) is 125 cm³/mol. The number of hydrogen-bond acceptors (Lipinski definition) is 3. The summed E-state index contributed by atoms with van der Waals surface area (Å²) in [6.45, 7) is 7.67. The molecule has 1 atom stereocenters. The smallest absolute Gasteiger partial charge is 0.264 e. The van der Waals surface area contributed by atoms with Crippen molar-refractivity contribution in [3.8, 4) is 0 Å². The minimum Gasteiger partial charge on any atom is -0.346 e. The molecule has 5 nitrogen and oxygen atoms in total. The van der Waals surface area contributed by atoms with Crippen molar-refractivity contribution in [2.45, 2.75) is 38.6 Å². The average Bonchev–Trinajstić information content (AvgIpc) is 2.73. The lowest BCUT2D eigenvalue weighted by Gasteiger charge is -2.22. The van der Waals surface area contributed by atoms with Gasteiger partial charge in [-0.2, -0.15) is 0 Å². The summed E-state index contributed by atoms with van der Waals surface area (Å²) in [5.41, 5.74) is 4.90. The molecule has 0 heterocycles. The molecule has 1 unspecified atom stereocenters. The zero-order chi connectivity index (χ0) is 22.8. The van der Waals surface area contributed by atoms with Crippen LogP contribution in [-0.4, -0.2) is 21.4 Å². The van der Waals surface area contributed by atoms with Gasteiger partial charge in [0.05, 0.1) is 16.6 Å². The zero-order valence-electron chi connectivity index (χ0n) is 18.5. The molecule has 0 aliphatic carbocycles. The Kier molecular flexibility index (Phi) is 6.51. The van der Waals surface area contributed by atoms with Gasteiger partial charge in [0, 0.05) is 12.6 Å². The van der Waals surface area contributed by atoms with Crippen molar-refractivity contribution in [3.05, 3.63) is 94.5 Å². The highest BCUT2D eigenvalue weighted by atomic mass is 32.2. The summed E-state index contributed by atoms with van der Waals surface area (Å²) >= 11 is 0. The first-order valence-corrected chi connectivity index (χ1v) is 11.6. The summed E-state index contributed by atoms with van der Waals surface area (Å²) in [5, 5.41) is 3.00. The molecule has 31 heavy (non-hydrogen) atoms. The van der Waals surface area contributed by atoms with Crippen molar-refractivity contribution in [1.82, 2.24) is 5.32 Å². The quantitative estimate of drug-likeness (QED) is 0.596. The van der Waals surface area contributed by atoms with Crippen LogP contribution in [-0.2, 0) is 10.0 Å². The summed E-state index contributed by atoms with van der Waals surface area (Å²) in [7, 11) is -2.17. The van der Waals surface area contributed by atoms with Crippen molar-refractivity contribution in [2.24, 2.45) is 0 Å². The van der Waals surface area contributed by atoms with Gasteiger partial charge in [-0.3, -0.25) is 9.10 Å². The lowest BCUT2D eigenvalue weighted by atomic mass is 10.1. The molecule has 0 aromatic heterocycles. The number of aryl methyl sites for hydroxylation is 3. The first kappa shape index (κ1) is 22.6. The van der Waals surface area contributed by atoms with Crippen LogP contribution in [0.2, 0.25) is 0 Å². The van der Waals surface area contributed by atoms with Crippen molar-refractivity contribution in [2.75, 3.05) is 11.4 Å². The van der Waals surface area contributed by atoms with Crippen LogP contribution in [0.15, 0.2) is 71.6 Å². The number of sulfonamides is 1. The summed E-state index contributed by atoms with van der Waals surface area (Å²) in [5.74, 6) is -0.202. The Bertz CT molecular complexity index is 1180. The van der Waals surface area contributed by atoms with Crippen LogP contribution in [0.1, 0.15) is 45.6 Å². The van der Waals surface area contributed by atoms with Crippen LogP contribution in [0.3, 0.4) is 0 Å². The highest BCUT2D eigenvalue weighted by molar-refractivity contribution is 7.92. The molecule has 162 valence electrons. The number of nitrogens with one attached hydrogen (secondary N) is 1. The SMILES string of the molecule is Cc1ccc(C(C)NC(=O)c2ccc(N(C)S(=O)(=O)c3ccc(C)cc3)c(C)c2)cc1. The summed E-state index contributed by atoms with van der Waals surface area (Å²) in [4.78, 5) is 13.0. The fraction of sp³-hybridized carbons (Fsp3) is 0.240. The summed E-state index contributed by atoms with van der Waals surface area (Å²) in [6.07, 6.45) is 0. The van der Waals surface area contributed by atoms with Crippen LogP contribution in [0.4, 0.5) is 5.69 Å². The maximum Gasteiger partial charge on any atom is 0.264 e. The molecule has 0 bridgehead atoms. The van der Waals surface area contributed by atoms with Gasteiger partial charge < -0.3 is 5.32 Å². The fourth-order valence-corrected chi connectivity index (χ4v) is 4.63. The minimum atomic E-state index is -3.69. The number of rotatable bonds is 6. The van der Waals surface area contributed by atoms with E-state index >= 15 is 0 Å². The topological polar surface area (TPSA) is 66.5 Å². The van der Waals surface area contributed by atoms with E-state index in [-0.39, 0.29) is 16.8 Å². The Balaban J connectivity index is 1.79. The molecule has 0 radical (unpaired) electrons. The highest BCUT2D eigenvalue weighted by Crippen LogP contribution is 2.26. The molecule has 6 heteroatoms. The third-order valence-corrected chi connectivity index (χ3v) is 7.19. The van der Waals surface area contributed by atoms with Gasteiger partial charge in [-0.1, -0.05) is 47.5 Å². The van der Waals surface area contributed by atoms with Gasteiger partial charge in [0.25, 0.3) is 15.9 Å². The minimum absolute atomic E-state index is 0.141. The van der Waals surface area contributed by atoms with Crippen LogP contribution in [0.5, 0.6) is 0 Å². The maximum absolute atomic E-state index is 13.0. The van der Waals surface area contributed by atoms with Gasteiger partial charge in [0.1, 0.15) is 0 Å². The maximum atomic E-state index is 13.0. The lowest BCUT2D eigenvalue weighted by molar-refractivity contribution is 0.0940. The normalized spacial score (nSPS) is 12.3. The summed E-state index contributed by atoms with van der Waals surface area (Å²) in [6, 6.07) is 19.7. The predicted octanol–water partition coefficient (Wildman–Crippen LogP) is 4.93.